The average Bonchev–Trinajstić information content (AvgIpc) is 2.85. The van der Waals surface area contributed by atoms with E-state index in [2.05, 4.69) is 31.3 Å². The summed E-state index contributed by atoms with van der Waals surface area (Å²) in [6.45, 7) is 3.83. The maximum absolute atomic E-state index is 13.1. The summed E-state index contributed by atoms with van der Waals surface area (Å²) in [5, 5.41) is 7.78. The summed E-state index contributed by atoms with van der Waals surface area (Å²) in [6.07, 6.45) is 3.04. The van der Waals surface area contributed by atoms with Gasteiger partial charge in [-0.2, -0.15) is 9.78 Å². The second-order valence-electron chi connectivity index (χ2n) is 8.03. The van der Waals surface area contributed by atoms with Crippen molar-refractivity contribution < 1.29 is 9.53 Å². The van der Waals surface area contributed by atoms with Gasteiger partial charge in [0.05, 0.1) is 17.1 Å². The van der Waals surface area contributed by atoms with Crippen LogP contribution in [-0.2, 0) is 11.2 Å². The van der Waals surface area contributed by atoms with E-state index in [1.807, 2.05) is 56.3 Å². The molecule has 4 aromatic rings. The Hall–Kier alpha value is -3.78. The molecule has 7 nitrogen and oxygen atoms in total. The van der Waals surface area contributed by atoms with Gasteiger partial charge in [-0.05, 0) is 60.9 Å². The van der Waals surface area contributed by atoms with E-state index in [9.17, 15) is 9.59 Å². The van der Waals surface area contributed by atoms with Gasteiger partial charge < -0.3 is 10.1 Å². The Morgan fingerprint density at radius 3 is 2.77 bits per heavy atom. The molecule has 178 valence electrons. The number of halogens is 1. The highest BCUT2D eigenvalue weighted by molar-refractivity contribution is 9.10. The molecule has 0 unspecified atom stereocenters. The summed E-state index contributed by atoms with van der Waals surface area (Å²) in [6, 6.07) is 20.2. The fraction of sp³-hybridized carbons (Fsp3) is 0.185. The number of nitrogens with zero attached hydrogens (tertiary/aromatic N) is 3. The third kappa shape index (κ3) is 6.02. The van der Waals surface area contributed by atoms with Crippen LogP contribution in [0.1, 0.15) is 30.3 Å². The zero-order valence-electron chi connectivity index (χ0n) is 19.5. The first-order valence-corrected chi connectivity index (χ1v) is 12.1. The van der Waals surface area contributed by atoms with E-state index in [1.165, 1.54) is 4.68 Å². The van der Waals surface area contributed by atoms with Gasteiger partial charge in [-0.25, -0.2) is 4.98 Å². The number of rotatable bonds is 8. The monoisotopic (exact) mass is 532 g/mol. The molecule has 1 amide bonds. The van der Waals surface area contributed by atoms with Crippen LogP contribution in [0.15, 0.2) is 81.1 Å². The van der Waals surface area contributed by atoms with Crippen molar-refractivity contribution in [2.45, 2.75) is 26.7 Å². The largest absolute Gasteiger partial charge is 0.484 e. The molecular weight excluding hydrogens is 508 g/mol. The molecule has 4 rings (SSSR count). The van der Waals surface area contributed by atoms with Crippen molar-refractivity contribution in [2.75, 3.05) is 11.9 Å². The van der Waals surface area contributed by atoms with Gasteiger partial charge in [0, 0.05) is 16.6 Å². The third-order valence-electron chi connectivity index (χ3n) is 5.32. The minimum atomic E-state index is -0.248. The summed E-state index contributed by atoms with van der Waals surface area (Å²) in [5.41, 5.74) is 2.88. The molecule has 0 radical (unpaired) electrons. The van der Waals surface area contributed by atoms with Crippen LogP contribution in [-0.4, -0.2) is 28.4 Å². The zero-order chi connectivity index (χ0) is 24.8. The number of aryl methyl sites for hydroxylation is 2. The van der Waals surface area contributed by atoms with Gasteiger partial charge in [0.2, 0.25) is 0 Å². The number of hydrogen-bond donors (Lipinski definition) is 1. The van der Waals surface area contributed by atoms with Crippen LogP contribution >= 0.6 is 15.9 Å². The molecule has 35 heavy (non-hydrogen) atoms. The second kappa shape index (κ2) is 11.1. The number of aromatic nitrogens is 2. The lowest BCUT2D eigenvalue weighted by Gasteiger charge is -2.10. The first-order valence-electron chi connectivity index (χ1n) is 11.3. The summed E-state index contributed by atoms with van der Waals surface area (Å²) in [7, 11) is 0. The number of benzene rings is 3. The molecule has 0 fully saturated rings. The second-order valence-corrected chi connectivity index (χ2v) is 8.94. The molecule has 0 spiro atoms. The van der Waals surface area contributed by atoms with Crippen LogP contribution in [0, 0.1) is 6.92 Å². The van der Waals surface area contributed by atoms with Crippen LogP contribution in [0.25, 0.3) is 10.9 Å². The van der Waals surface area contributed by atoms with Crippen molar-refractivity contribution >= 4 is 44.6 Å². The highest BCUT2D eigenvalue weighted by atomic mass is 79.9. The minimum Gasteiger partial charge on any atom is -0.484 e. The zero-order valence-corrected chi connectivity index (χ0v) is 21.1. The Bertz CT molecular complexity index is 1460. The Balaban J connectivity index is 1.52. The van der Waals surface area contributed by atoms with E-state index in [0.29, 0.717) is 28.9 Å². The van der Waals surface area contributed by atoms with Crippen molar-refractivity contribution in [3.8, 4) is 5.75 Å². The van der Waals surface area contributed by atoms with Gasteiger partial charge >= 0.3 is 0 Å². The lowest BCUT2D eigenvalue weighted by atomic mass is 10.2. The van der Waals surface area contributed by atoms with Crippen molar-refractivity contribution in [1.29, 1.82) is 0 Å². The molecule has 0 bridgehead atoms. The highest BCUT2D eigenvalue weighted by Crippen LogP contribution is 2.17. The van der Waals surface area contributed by atoms with Gasteiger partial charge in [0.25, 0.3) is 11.5 Å². The number of para-hydroxylation sites is 1. The SMILES string of the molecule is CCCc1nc2ccc(Br)cc2c(=O)n1N=Cc1cccc(OCC(=O)Nc2ccccc2C)c1. The number of amides is 1. The summed E-state index contributed by atoms with van der Waals surface area (Å²) >= 11 is 3.41. The summed E-state index contributed by atoms with van der Waals surface area (Å²) < 4.78 is 7.82. The van der Waals surface area contributed by atoms with Crippen molar-refractivity contribution in [3.05, 3.63) is 98.5 Å². The molecule has 0 saturated carbocycles. The molecule has 1 N–H and O–H groups in total. The number of fused-ring (bicyclic) bond motifs is 1. The molecule has 0 aliphatic rings. The number of hydrogen-bond acceptors (Lipinski definition) is 5. The Kier molecular flexibility index (Phi) is 7.72. The quantitative estimate of drug-likeness (QED) is 0.311. The minimum absolute atomic E-state index is 0.126. The van der Waals surface area contributed by atoms with E-state index < -0.39 is 0 Å². The summed E-state index contributed by atoms with van der Waals surface area (Å²) in [4.78, 5) is 30.1. The molecular formula is C27H25BrN4O3. The first-order chi connectivity index (χ1) is 16.9. The number of carbonyl (C=O) groups is 1. The Morgan fingerprint density at radius 2 is 1.97 bits per heavy atom. The van der Waals surface area contributed by atoms with Gasteiger partial charge in [0.15, 0.2) is 6.61 Å². The van der Waals surface area contributed by atoms with Gasteiger partial charge in [-0.3, -0.25) is 9.59 Å². The average molecular weight is 533 g/mol. The van der Waals surface area contributed by atoms with Gasteiger partial charge in [-0.1, -0.05) is 53.2 Å². The lowest BCUT2D eigenvalue weighted by molar-refractivity contribution is -0.118. The van der Waals surface area contributed by atoms with E-state index >= 15 is 0 Å². The fourth-order valence-corrected chi connectivity index (χ4v) is 3.92. The van der Waals surface area contributed by atoms with Gasteiger partial charge in [-0.15, -0.1) is 0 Å². The number of anilines is 1. The predicted octanol–water partition coefficient (Wildman–Crippen LogP) is 5.32. The van der Waals surface area contributed by atoms with Crippen LogP contribution in [0.4, 0.5) is 5.69 Å². The molecule has 1 aromatic heterocycles. The van der Waals surface area contributed by atoms with Crippen LogP contribution in [0.2, 0.25) is 0 Å². The van der Waals surface area contributed by atoms with E-state index in [1.54, 1.807) is 30.5 Å². The van der Waals surface area contributed by atoms with Crippen molar-refractivity contribution in [1.82, 2.24) is 9.66 Å². The number of ether oxygens (including phenoxy) is 1. The topological polar surface area (TPSA) is 85.6 Å². The standard InChI is InChI=1S/C27H25BrN4O3/c1-3-7-25-30-24-13-12-20(28)15-22(24)27(34)32(25)29-16-19-9-6-10-21(14-19)35-17-26(33)31-23-11-5-4-8-18(23)2/h4-6,8-16H,3,7,17H2,1-2H3,(H,31,33). The first kappa shape index (κ1) is 24.3. The fourth-order valence-electron chi connectivity index (χ4n) is 3.56. The summed E-state index contributed by atoms with van der Waals surface area (Å²) in [5.74, 6) is 0.877. The van der Waals surface area contributed by atoms with Crippen LogP contribution < -0.4 is 15.6 Å². The van der Waals surface area contributed by atoms with Gasteiger partial charge in [0.1, 0.15) is 11.6 Å². The molecule has 0 aliphatic heterocycles. The maximum Gasteiger partial charge on any atom is 0.282 e. The predicted molar refractivity (Wildman–Crippen MR) is 142 cm³/mol. The Morgan fingerprint density at radius 1 is 1.14 bits per heavy atom. The molecule has 1 heterocycles. The van der Waals surface area contributed by atoms with E-state index in [4.69, 9.17) is 4.74 Å². The molecule has 0 aliphatic carbocycles. The smallest absolute Gasteiger partial charge is 0.282 e. The van der Waals surface area contributed by atoms with E-state index in [0.717, 1.165) is 27.7 Å². The van der Waals surface area contributed by atoms with Crippen molar-refractivity contribution in [3.63, 3.8) is 0 Å². The number of carbonyl (C=O) groups excluding carboxylic acids is 1. The van der Waals surface area contributed by atoms with Crippen molar-refractivity contribution in [2.24, 2.45) is 5.10 Å². The van der Waals surface area contributed by atoms with Crippen LogP contribution in [0.3, 0.4) is 0 Å². The molecule has 3 aromatic carbocycles. The maximum atomic E-state index is 13.1. The molecule has 8 heteroatoms. The highest BCUT2D eigenvalue weighted by Gasteiger charge is 2.11. The Labute approximate surface area is 211 Å². The molecule has 0 atom stereocenters. The normalized spacial score (nSPS) is 11.2. The van der Waals surface area contributed by atoms with E-state index in [-0.39, 0.29) is 18.1 Å². The van der Waals surface area contributed by atoms with Crippen LogP contribution in [0.5, 0.6) is 5.75 Å². The lowest BCUT2D eigenvalue weighted by Crippen LogP contribution is -2.22. The number of nitrogens with one attached hydrogen (secondary N) is 1. The molecule has 0 saturated heterocycles. The third-order valence-corrected chi connectivity index (χ3v) is 5.81.